The molecule has 0 atom stereocenters. The van der Waals surface area contributed by atoms with E-state index in [2.05, 4.69) is 22.5 Å². The summed E-state index contributed by atoms with van der Waals surface area (Å²) in [6, 6.07) is 7.89. The molecule has 142 valence electrons. The van der Waals surface area contributed by atoms with Crippen molar-refractivity contribution in [2.75, 3.05) is 5.32 Å². The van der Waals surface area contributed by atoms with Crippen molar-refractivity contribution in [3.63, 3.8) is 0 Å². The van der Waals surface area contributed by atoms with E-state index in [1.807, 2.05) is 42.8 Å². The summed E-state index contributed by atoms with van der Waals surface area (Å²) >= 11 is 0. The van der Waals surface area contributed by atoms with Crippen LogP contribution < -0.4 is 10.1 Å². The van der Waals surface area contributed by atoms with Crippen LogP contribution in [0.25, 0.3) is 0 Å². The maximum absolute atomic E-state index is 12.7. The third-order valence-corrected chi connectivity index (χ3v) is 4.57. The molecule has 7 nitrogen and oxygen atoms in total. The minimum Gasteiger partial charge on any atom is -0.489 e. The Labute approximate surface area is 158 Å². The molecule has 0 radical (unpaired) electrons. The molecule has 3 rings (SSSR count). The molecule has 0 saturated carbocycles. The molecular formula is C20H24N4O3. The van der Waals surface area contributed by atoms with Crippen molar-refractivity contribution in [2.24, 2.45) is 0 Å². The monoisotopic (exact) mass is 368 g/mol. The van der Waals surface area contributed by atoms with Gasteiger partial charge in [-0.2, -0.15) is 5.10 Å². The fourth-order valence-electron chi connectivity index (χ4n) is 2.79. The van der Waals surface area contributed by atoms with Crippen LogP contribution >= 0.6 is 0 Å². The Balaban J connectivity index is 1.73. The number of hydrogen-bond acceptors (Lipinski definition) is 5. The summed E-state index contributed by atoms with van der Waals surface area (Å²) in [7, 11) is 0. The fraction of sp³-hybridized carbons (Fsp3) is 0.350. The number of benzene rings is 1. The highest BCUT2D eigenvalue weighted by atomic mass is 16.5. The lowest BCUT2D eigenvalue weighted by Gasteiger charge is -2.08. The van der Waals surface area contributed by atoms with Crippen molar-refractivity contribution < 1.29 is 14.1 Å². The van der Waals surface area contributed by atoms with Gasteiger partial charge in [-0.05, 0) is 44.9 Å². The highest BCUT2D eigenvalue weighted by Gasteiger charge is 2.21. The molecule has 2 aromatic heterocycles. The molecule has 0 spiro atoms. The Morgan fingerprint density at radius 2 is 1.96 bits per heavy atom. The number of rotatable bonds is 7. The predicted molar refractivity (Wildman–Crippen MR) is 102 cm³/mol. The smallest absolute Gasteiger partial charge is 0.278 e. The first-order valence-corrected chi connectivity index (χ1v) is 9.04. The highest BCUT2D eigenvalue weighted by Crippen LogP contribution is 2.21. The molecule has 0 aliphatic rings. The first kappa shape index (κ1) is 18.7. The Morgan fingerprint density at radius 1 is 1.22 bits per heavy atom. The molecule has 0 unspecified atom stereocenters. The number of hydrogen-bond donors (Lipinski definition) is 1. The van der Waals surface area contributed by atoms with Crippen LogP contribution in [0.2, 0.25) is 0 Å². The van der Waals surface area contributed by atoms with E-state index in [0.717, 1.165) is 24.4 Å². The van der Waals surface area contributed by atoms with Gasteiger partial charge >= 0.3 is 0 Å². The lowest BCUT2D eigenvalue weighted by Crippen LogP contribution is -2.16. The van der Waals surface area contributed by atoms with Crippen LogP contribution in [0.3, 0.4) is 0 Å². The average molecular weight is 368 g/mol. The van der Waals surface area contributed by atoms with Gasteiger partial charge in [-0.15, -0.1) is 0 Å². The molecular weight excluding hydrogens is 344 g/mol. The maximum Gasteiger partial charge on any atom is 0.278 e. The normalized spacial score (nSPS) is 10.8. The van der Waals surface area contributed by atoms with Crippen LogP contribution in [0, 0.1) is 13.8 Å². The van der Waals surface area contributed by atoms with Gasteiger partial charge in [0.1, 0.15) is 18.1 Å². The van der Waals surface area contributed by atoms with E-state index < -0.39 is 0 Å². The number of carbonyl (C=O) groups is 1. The summed E-state index contributed by atoms with van der Waals surface area (Å²) in [4.78, 5) is 12.7. The Kier molecular flexibility index (Phi) is 5.59. The molecule has 7 heteroatoms. The van der Waals surface area contributed by atoms with Crippen LogP contribution in [0.1, 0.15) is 46.9 Å². The van der Waals surface area contributed by atoms with Gasteiger partial charge in [-0.1, -0.05) is 24.2 Å². The van der Waals surface area contributed by atoms with Crippen LogP contribution in [-0.4, -0.2) is 20.8 Å². The first-order chi connectivity index (χ1) is 13.0. The predicted octanol–water partition coefficient (Wildman–Crippen LogP) is 3.90. The molecule has 1 N–H and O–H groups in total. The molecule has 0 aliphatic carbocycles. The minimum atomic E-state index is -0.342. The van der Waals surface area contributed by atoms with Crippen molar-refractivity contribution >= 4 is 11.6 Å². The van der Waals surface area contributed by atoms with Crippen molar-refractivity contribution in [2.45, 2.75) is 47.3 Å². The fourth-order valence-corrected chi connectivity index (χ4v) is 2.79. The van der Waals surface area contributed by atoms with E-state index in [1.54, 1.807) is 13.1 Å². The zero-order valence-corrected chi connectivity index (χ0v) is 16.1. The number of aromatic nitrogens is 3. The summed E-state index contributed by atoms with van der Waals surface area (Å²) in [5.41, 5.74) is 3.64. The lowest BCUT2D eigenvalue weighted by atomic mass is 10.1. The van der Waals surface area contributed by atoms with Crippen molar-refractivity contribution in [3.05, 3.63) is 58.7 Å². The molecule has 0 saturated heterocycles. The zero-order valence-electron chi connectivity index (χ0n) is 16.1. The molecule has 0 aliphatic heterocycles. The number of nitrogens with one attached hydrogen (secondary N) is 1. The maximum atomic E-state index is 12.7. The lowest BCUT2D eigenvalue weighted by molar-refractivity contribution is 0.101. The summed E-state index contributed by atoms with van der Waals surface area (Å²) in [5, 5.41) is 11.0. The number of ether oxygens (including phenoxy) is 1. The Morgan fingerprint density at radius 3 is 2.59 bits per heavy atom. The van der Waals surface area contributed by atoms with Crippen LogP contribution in [0.5, 0.6) is 5.75 Å². The highest BCUT2D eigenvalue weighted by molar-refractivity contribution is 6.04. The summed E-state index contributed by atoms with van der Waals surface area (Å²) in [6.45, 7) is 8.72. The Hall–Kier alpha value is -3.09. The van der Waals surface area contributed by atoms with Gasteiger partial charge < -0.3 is 14.6 Å². The zero-order chi connectivity index (χ0) is 19.4. The van der Waals surface area contributed by atoms with E-state index in [0.29, 0.717) is 17.0 Å². The van der Waals surface area contributed by atoms with E-state index in [-0.39, 0.29) is 18.2 Å². The first-order valence-electron chi connectivity index (χ1n) is 9.04. The van der Waals surface area contributed by atoms with Gasteiger partial charge in [-0.3, -0.25) is 9.48 Å². The second kappa shape index (κ2) is 8.07. The van der Waals surface area contributed by atoms with Gasteiger partial charge in [0.25, 0.3) is 5.91 Å². The molecule has 1 amide bonds. The molecule has 1 aromatic carbocycles. The molecule has 27 heavy (non-hydrogen) atoms. The average Bonchev–Trinajstić information content (AvgIpc) is 3.23. The molecule has 0 fully saturated rings. The van der Waals surface area contributed by atoms with E-state index in [9.17, 15) is 4.79 Å². The number of aryl methyl sites for hydroxylation is 3. The van der Waals surface area contributed by atoms with Crippen LogP contribution in [0.15, 0.2) is 35.0 Å². The standard InChI is InChI=1S/C20H24N4O3/c1-5-15-7-9-16(10-8-15)26-12-17-14(4)27-23-19(17)20(25)22-18-11-21-24(6-2)13(18)3/h7-11H,5-6,12H2,1-4H3,(H,22,25). The number of anilines is 1. The van der Waals surface area contributed by atoms with Gasteiger partial charge in [0.05, 0.1) is 23.1 Å². The molecule has 2 heterocycles. The minimum absolute atomic E-state index is 0.205. The van der Waals surface area contributed by atoms with E-state index in [4.69, 9.17) is 9.26 Å². The number of carbonyl (C=O) groups excluding carboxylic acids is 1. The van der Waals surface area contributed by atoms with Crippen molar-refractivity contribution in [1.29, 1.82) is 0 Å². The largest absolute Gasteiger partial charge is 0.489 e. The number of amides is 1. The summed E-state index contributed by atoms with van der Waals surface area (Å²) < 4.78 is 12.9. The topological polar surface area (TPSA) is 82.2 Å². The van der Waals surface area contributed by atoms with Gasteiger partial charge in [0, 0.05) is 6.54 Å². The third kappa shape index (κ3) is 4.02. The van der Waals surface area contributed by atoms with Crippen LogP contribution in [-0.2, 0) is 19.6 Å². The van der Waals surface area contributed by atoms with Gasteiger partial charge in [-0.25, -0.2) is 0 Å². The van der Waals surface area contributed by atoms with E-state index >= 15 is 0 Å². The number of nitrogens with zero attached hydrogens (tertiary/aromatic N) is 3. The van der Waals surface area contributed by atoms with E-state index in [1.165, 1.54) is 5.56 Å². The second-order valence-electron chi connectivity index (χ2n) is 6.27. The van der Waals surface area contributed by atoms with Gasteiger partial charge in [0.2, 0.25) is 0 Å². The van der Waals surface area contributed by atoms with Crippen LogP contribution in [0.4, 0.5) is 5.69 Å². The van der Waals surface area contributed by atoms with Crippen molar-refractivity contribution in [1.82, 2.24) is 14.9 Å². The summed E-state index contributed by atoms with van der Waals surface area (Å²) in [6.07, 6.45) is 2.61. The van der Waals surface area contributed by atoms with Gasteiger partial charge in [0.15, 0.2) is 5.69 Å². The molecule has 3 aromatic rings. The SMILES string of the molecule is CCc1ccc(OCc2c(C(=O)Nc3cnn(CC)c3C)noc2C)cc1. The second-order valence-corrected chi connectivity index (χ2v) is 6.27. The quantitative estimate of drug-likeness (QED) is 0.684. The van der Waals surface area contributed by atoms with Crippen molar-refractivity contribution in [3.8, 4) is 5.75 Å². The summed E-state index contributed by atoms with van der Waals surface area (Å²) in [5.74, 6) is 0.955. The third-order valence-electron chi connectivity index (χ3n) is 4.57. The molecule has 0 bridgehead atoms. The Bertz CT molecular complexity index is 925.